The van der Waals surface area contributed by atoms with Crippen molar-refractivity contribution in [3.63, 3.8) is 0 Å². The Kier molecular flexibility index (Phi) is 6.73. The minimum absolute atomic E-state index is 0.144. The second-order valence-corrected chi connectivity index (χ2v) is 8.15. The van der Waals surface area contributed by atoms with E-state index >= 15 is 0 Å². The Balaban J connectivity index is 1.69. The van der Waals surface area contributed by atoms with E-state index in [0.717, 1.165) is 16.8 Å². The van der Waals surface area contributed by atoms with E-state index in [0.29, 0.717) is 0 Å². The molecule has 0 spiro atoms. The Bertz CT molecular complexity index is 872. The molecule has 2 saturated heterocycles. The molecule has 2 aliphatic heterocycles. The molecule has 0 amide bonds. The van der Waals surface area contributed by atoms with E-state index < -0.39 is 68.5 Å². The highest BCUT2D eigenvalue weighted by Crippen LogP contribution is 2.49. The second-order valence-electron chi connectivity index (χ2n) is 6.75. The number of phosphoric acid groups is 1. The van der Waals surface area contributed by atoms with Gasteiger partial charge in [-0.2, -0.15) is 0 Å². The van der Waals surface area contributed by atoms with Crippen molar-refractivity contribution in [2.75, 3.05) is 13.2 Å². The lowest BCUT2D eigenvalue weighted by atomic mass is 10.1. The summed E-state index contributed by atoms with van der Waals surface area (Å²) in [4.78, 5) is 35.2. The second kappa shape index (κ2) is 8.76. The number of H-pyrrole nitrogens is 1. The Morgan fingerprint density at radius 1 is 1.28 bits per heavy atom. The van der Waals surface area contributed by atoms with E-state index in [9.17, 15) is 34.4 Å². The summed E-state index contributed by atoms with van der Waals surface area (Å²) in [6.45, 7) is 1.00. The summed E-state index contributed by atoms with van der Waals surface area (Å²) in [5.74, 6) is 0. The van der Waals surface area contributed by atoms with Crippen molar-refractivity contribution in [2.45, 2.75) is 56.2 Å². The predicted octanol–water partition coefficient (Wildman–Crippen LogP) is -2.17. The van der Waals surface area contributed by atoms with Gasteiger partial charge in [-0.25, -0.2) is 9.36 Å². The first-order chi connectivity index (χ1) is 13.6. The van der Waals surface area contributed by atoms with Crippen LogP contribution in [0, 0.1) is 0 Å². The molecule has 0 aromatic carbocycles. The van der Waals surface area contributed by atoms with Gasteiger partial charge in [-0.05, 0) is 6.42 Å². The molecule has 3 rings (SSSR count). The highest BCUT2D eigenvalue weighted by Gasteiger charge is 2.48. The Morgan fingerprint density at radius 2 is 2.00 bits per heavy atom. The third kappa shape index (κ3) is 4.85. The molecule has 1 aromatic rings. The molecular weight excluding hydrogens is 415 g/mol. The number of aromatic amines is 1. The summed E-state index contributed by atoms with van der Waals surface area (Å²) in [5, 5.41) is 29.6. The van der Waals surface area contributed by atoms with Gasteiger partial charge in [0.2, 0.25) is 0 Å². The van der Waals surface area contributed by atoms with Gasteiger partial charge in [-0.3, -0.25) is 23.4 Å². The molecule has 1 unspecified atom stereocenters. The van der Waals surface area contributed by atoms with Crippen LogP contribution in [0.1, 0.15) is 19.6 Å². The van der Waals surface area contributed by atoms with Crippen molar-refractivity contribution >= 4 is 7.82 Å². The monoisotopic (exact) mass is 438 g/mol. The highest BCUT2D eigenvalue weighted by atomic mass is 31.2. The van der Waals surface area contributed by atoms with Crippen molar-refractivity contribution in [1.82, 2.24) is 9.55 Å². The number of aliphatic hydroxyl groups excluding tert-OH is 3. The summed E-state index contributed by atoms with van der Waals surface area (Å²) < 4.78 is 33.8. The predicted molar refractivity (Wildman–Crippen MR) is 93.9 cm³/mol. The molecular formula is C15H23N2O11P. The molecule has 0 bridgehead atoms. The number of aliphatic hydroxyl groups is 3. The van der Waals surface area contributed by atoms with Crippen LogP contribution in [0.5, 0.6) is 0 Å². The van der Waals surface area contributed by atoms with Gasteiger partial charge in [0, 0.05) is 12.3 Å². The van der Waals surface area contributed by atoms with Gasteiger partial charge in [0.05, 0.1) is 19.3 Å². The summed E-state index contributed by atoms with van der Waals surface area (Å²) >= 11 is 0. The number of phosphoric ester groups is 1. The van der Waals surface area contributed by atoms with Gasteiger partial charge >= 0.3 is 13.5 Å². The standard InChI is InChI=1S/C15H23N2O11P/c1-2-8-13(12(21)14(27-8)17-4-3-10(19)16-15(17)22)28-29(23,24)26-6-9-11(20)7(18)5-25-9/h3-4,7-9,11-14,18,20-21H,2,5-6H2,1H3,(H,23,24)(H,16,19,22)/t7-,8+,9+,11-,12+,13+,14+/m0/s1. The Morgan fingerprint density at radius 3 is 2.59 bits per heavy atom. The highest BCUT2D eigenvalue weighted by molar-refractivity contribution is 7.47. The van der Waals surface area contributed by atoms with E-state index in [1.165, 1.54) is 0 Å². The van der Waals surface area contributed by atoms with Gasteiger partial charge in [0.25, 0.3) is 5.56 Å². The average Bonchev–Trinajstić information content (AvgIpc) is 3.13. The van der Waals surface area contributed by atoms with Crippen LogP contribution in [-0.2, 0) is 23.1 Å². The van der Waals surface area contributed by atoms with Crippen LogP contribution in [0.4, 0.5) is 0 Å². The molecule has 164 valence electrons. The van der Waals surface area contributed by atoms with E-state index in [2.05, 4.69) is 0 Å². The molecule has 29 heavy (non-hydrogen) atoms. The van der Waals surface area contributed by atoms with E-state index in [-0.39, 0.29) is 13.0 Å². The van der Waals surface area contributed by atoms with E-state index in [4.69, 9.17) is 18.5 Å². The Hall–Kier alpha value is -1.41. The summed E-state index contributed by atoms with van der Waals surface area (Å²) in [7, 11) is -4.72. The fourth-order valence-electron chi connectivity index (χ4n) is 3.20. The van der Waals surface area contributed by atoms with Crippen LogP contribution in [0.25, 0.3) is 0 Å². The van der Waals surface area contributed by atoms with Gasteiger partial charge < -0.3 is 29.7 Å². The zero-order valence-corrected chi connectivity index (χ0v) is 16.3. The van der Waals surface area contributed by atoms with Crippen molar-refractivity contribution in [2.24, 2.45) is 0 Å². The van der Waals surface area contributed by atoms with Gasteiger partial charge in [-0.1, -0.05) is 6.92 Å². The number of hydrogen-bond donors (Lipinski definition) is 5. The Labute approximate surface area is 164 Å². The minimum Gasteiger partial charge on any atom is -0.388 e. The molecule has 0 aliphatic carbocycles. The topological polar surface area (TPSA) is 190 Å². The van der Waals surface area contributed by atoms with Crippen LogP contribution in [0.15, 0.2) is 21.9 Å². The molecule has 2 aliphatic rings. The third-order valence-electron chi connectivity index (χ3n) is 4.75. The smallest absolute Gasteiger partial charge is 0.388 e. The zero-order chi connectivity index (χ0) is 21.3. The maximum atomic E-state index is 12.3. The molecule has 0 radical (unpaired) electrons. The summed E-state index contributed by atoms with van der Waals surface area (Å²) in [6.07, 6.45) is -6.99. The molecule has 1 aromatic heterocycles. The SMILES string of the molecule is CC[C@H]1O[C@@H](n2ccc(=O)[nH]c2=O)[C@H](O)[C@@H]1OP(=O)(O)OC[C@H]1OC[C@H](O)[C@@H]1O. The van der Waals surface area contributed by atoms with Crippen molar-refractivity contribution < 1.29 is 43.3 Å². The molecule has 13 nitrogen and oxygen atoms in total. The van der Waals surface area contributed by atoms with Crippen molar-refractivity contribution in [1.29, 1.82) is 0 Å². The fourth-order valence-corrected chi connectivity index (χ4v) is 4.17. The number of ether oxygens (including phenoxy) is 2. The van der Waals surface area contributed by atoms with Crippen LogP contribution >= 0.6 is 7.82 Å². The molecule has 0 saturated carbocycles. The first-order valence-corrected chi connectivity index (χ1v) is 10.4. The molecule has 2 fully saturated rings. The van der Waals surface area contributed by atoms with Crippen LogP contribution in [0.3, 0.4) is 0 Å². The summed E-state index contributed by atoms with van der Waals surface area (Å²) in [6, 6.07) is 1.06. The first kappa shape index (κ1) is 22.3. The third-order valence-corrected chi connectivity index (χ3v) is 5.74. The fraction of sp³-hybridized carbons (Fsp3) is 0.733. The largest absolute Gasteiger partial charge is 0.472 e. The molecule has 3 heterocycles. The summed E-state index contributed by atoms with van der Waals surface area (Å²) in [5.41, 5.74) is -1.46. The average molecular weight is 438 g/mol. The van der Waals surface area contributed by atoms with Gasteiger partial charge in [0.15, 0.2) is 6.23 Å². The zero-order valence-electron chi connectivity index (χ0n) is 15.4. The quantitative estimate of drug-likeness (QED) is 0.291. The van der Waals surface area contributed by atoms with Crippen LogP contribution in [-0.4, -0.2) is 79.6 Å². The van der Waals surface area contributed by atoms with E-state index in [1.54, 1.807) is 6.92 Å². The number of hydrogen-bond acceptors (Lipinski definition) is 10. The maximum Gasteiger partial charge on any atom is 0.472 e. The maximum absolute atomic E-state index is 12.3. The number of nitrogens with one attached hydrogen (secondary N) is 1. The van der Waals surface area contributed by atoms with Gasteiger partial charge in [0.1, 0.15) is 30.5 Å². The molecule has 5 N–H and O–H groups in total. The number of nitrogens with zero attached hydrogens (tertiary/aromatic N) is 1. The minimum atomic E-state index is -4.72. The van der Waals surface area contributed by atoms with E-state index in [1.807, 2.05) is 4.98 Å². The number of aromatic nitrogens is 2. The van der Waals surface area contributed by atoms with Gasteiger partial charge in [-0.15, -0.1) is 0 Å². The number of rotatable bonds is 7. The van der Waals surface area contributed by atoms with Crippen LogP contribution < -0.4 is 11.2 Å². The normalized spacial score (nSPS) is 36.9. The van der Waals surface area contributed by atoms with Crippen LogP contribution in [0.2, 0.25) is 0 Å². The lowest BCUT2D eigenvalue weighted by Crippen LogP contribution is -2.38. The van der Waals surface area contributed by atoms with Crippen molar-refractivity contribution in [3.05, 3.63) is 33.1 Å². The molecule has 14 heteroatoms. The molecule has 8 atom stereocenters. The lowest BCUT2D eigenvalue weighted by Gasteiger charge is -2.23. The van der Waals surface area contributed by atoms with Crippen molar-refractivity contribution in [3.8, 4) is 0 Å². The first-order valence-electron chi connectivity index (χ1n) is 8.91. The lowest BCUT2D eigenvalue weighted by molar-refractivity contribution is -0.0405.